The largest absolute Gasteiger partial charge is 0.485 e. The minimum atomic E-state index is -0.588. The summed E-state index contributed by atoms with van der Waals surface area (Å²) in [7, 11) is 0. The SMILES string of the molecule is NC(=O)c1ccccc1OCc1noc(C(=O)NC2CCCC2)n1. The fraction of sp³-hybridized carbons (Fsp3) is 0.375. The second kappa shape index (κ2) is 7.12. The zero-order valence-electron chi connectivity index (χ0n) is 13.0. The normalized spacial score (nSPS) is 14.5. The fourth-order valence-electron chi connectivity index (χ4n) is 2.66. The van der Waals surface area contributed by atoms with Crippen LogP contribution in [0.5, 0.6) is 5.75 Å². The molecule has 8 nitrogen and oxygen atoms in total. The second-order valence-corrected chi connectivity index (χ2v) is 5.62. The summed E-state index contributed by atoms with van der Waals surface area (Å²) in [5.41, 5.74) is 5.55. The molecule has 1 fully saturated rings. The number of nitrogens with zero attached hydrogens (tertiary/aromatic N) is 2. The molecule has 1 aliphatic rings. The van der Waals surface area contributed by atoms with Crippen molar-refractivity contribution in [1.82, 2.24) is 15.5 Å². The molecule has 0 saturated heterocycles. The molecule has 1 aromatic carbocycles. The lowest BCUT2D eigenvalue weighted by atomic mass is 10.2. The smallest absolute Gasteiger partial charge is 0.316 e. The number of ether oxygens (including phenoxy) is 1. The van der Waals surface area contributed by atoms with Gasteiger partial charge in [0.25, 0.3) is 5.91 Å². The lowest BCUT2D eigenvalue weighted by Gasteiger charge is -2.08. The first-order chi connectivity index (χ1) is 11.6. The highest BCUT2D eigenvalue weighted by atomic mass is 16.5. The van der Waals surface area contributed by atoms with Crippen molar-refractivity contribution in [3.8, 4) is 5.75 Å². The molecule has 1 saturated carbocycles. The molecule has 0 atom stereocenters. The summed E-state index contributed by atoms with van der Waals surface area (Å²) in [6, 6.07) is 6.76. The van der Waals surface area contributed by atoms with E-state index in [4.69, 9.17) is 15.0 Å². The highest BCUT2D eigenvalue weighted by Gasteiger charge is 2.22. The average molecular weight is 330 g/mol. The molecule has 0 spiro atoms. The summed E-state index contributed by atoms with van der Waals surface area (Å²) in [5, 5.41) is 6.58. The van der Waals surface area contributed by atoms with Gasteiger partial charge in [0.1, 0.15) is 5.75 Å². The first kappa shape index (κ1) is 16.0. The number of nitrogens with one attached hydrogen (secondary N) is 1. The molecular weight excluding hydrogens is 312 g/mol. The van der Waals surface area contributed by atoms with Gasteiger partial charge in [0.2, 0.25) is 5.82 Å². The molecule has 24 heavy (non-hydrogen) atoms. The molecule has 3 N–H and O–H groups in total. The fourth-order valence-corrected chi connectivity index (χ4v) is 2.66. The summed E-state index contributed by atoms with van der Waals surface area (Å²) in [6.07, 6.45) is 4.18. The van der Waals surface area contributed by atoms with Gasteiger partial charge < -0.3 is 20.3 Å². The minimum absolute atomic E-state index is 0.0372. The predicted molar refractivity (Wildman–Crippen MR) is 83.3 cm³/mol. The number of hydrogen-bond acceptors (Lipinski definition) is 6. The van der Waals surface area contributed by atoms with Gasteiger partial charge in [-0.15, -0.1) is 0 Å². The molecule has 0 radical (unpaired) electrons. The van der Waals surface area contributed by atoms with Gasteiger partial charge in [-0.05, 0) is 25.0 Å². The third-order valence-corrected chi connectivity index (χ3v) is 3.86. The molecule has 3 rings (SSSR count). The summed E-state index contributed by atoms with van der Waals surface area (Å²) >= 11 is 0. The van der Waals surface area contributed by atoms with Crippen molar-refractivity contribution < 1.29 is 18.8 Å². The van der Waals surface area contributed by atoms with Gasteiger partial charge in [-0.1, -0.05) is 30.1 Å². The molecular formula is C16H18N4O4. The number of amides is 2. The van der Waals surface area contributed by atoms with Crippen molar-refractivity contribution in [2.75, 3.05) is 0 Å². The van der Waals surface area contributed by atoms with Crippen LogP contribution < -0.4 is 15.8 Å². The standard InChI is InChI=1S/C16H18N4O4/c17-14(21)11-7-3-4-8-12(11)23-9-13-19-16(24-20-13)15(22)18-10-5-1-2-6-10/h3-4,7-8,10H,1-2,5-6,9H2,(H2,17,21)(H,18,22). The Hall–Kier alpha value is -2.90. The van der Waals surface area contributed by atoms with Crippen LogP contribution >= 0.6 is 0 Å². The molecule has 2 amide bonds. The Morgan fingerprint density at radius 2 is 2.04 bits per heavy atom. The Kier molecular flexibility index (Phi) is 4.74. The van der Waals surface area contributed by atoms with E-state index in [1.807, 2.05) is 0 Å². The predicted octanol–water partition coefficient (Wildman–Crippen LogP) is 1.42. The molecule has 126 valence electrons. The van der Waals surface area contributed by atoms with E-state index in [9.17, 15) is 9.59 Å². The summed E-state index contributed by atoms with van der Waals surface area (Å²) in [6.45, 7) is -0.0372. The van der Waals surface area contributed by atoms with Gasteiger partial charge in [-0.2, -0.15) is 4.98 Å². The Morgan fingerprint density at radius 1 is 1.29 bits per heavy atom. The van der Waals surface area contributed by atoms with Crippen molar-refractivity contribution in [3.63, 3.8) is 0 Å². The van der Waals surface area contributed by atoms with E-state index < -0.39 is 5.91 Å². The van der Waals surface area contributed by atoms with Crippen molar-refractivity contribution in [3.05, 3.63) is 41.5 Å². The third kappa shape index (κ3) is 3.70. The minimum Gasteiger partial charge on any atom is -0.485 e. The number of carbonyl (C=O) groups is 2. The monoisotopic (exact) mass is 330 g/mol. The zero-order chi connectivity index (χ0) is 16.9. The first-order valence-corrected chi connectivity index (χ1v) is 7.78. The summed E-state index contributed by atoms with van der Waals surface area (Å²) in [5.74, 6) is -0.519. The zero-order valence-corrected chi connectivity index (χ0v) is 13.0. The number of hydrogen-bond donors (Lipinski definition) is 2. The van der Waals surface area contributed by atoms with Crippen molar-refractivity contribution in [2.24, 2.45) is 5.73 Å². The molecule has 0 bridgehead atoms. The van der Waals surface area contributed by atoms with E-state index >= 15 is 0 Å². The number of nitrogens with two attached hydrogens (primary N) is 1. The summed E-state index contributed by atoms with van der Waals surface area (Å²) in [4.78, 5) is 27.4. The Labute approximate surface area is 138 Å². The number of benzene rings is 1. The van der Waals surface area contributed by atoms with Crippen LogP contribution in [0.2, 0.25) is 0 Å². The summed E-state index contributed by atoms with van der Waals surface area (Å²) < 4.78 is 10.5. The lowest BCUT2D eigenvalue weighted by molar-refractivity contribution is 0.0892. The third-order valence-electron chi connectivity index (χ3n) is 3.86. The van der Waals surface area contributed by atoms with Crippen LogP contribution in [0.4, 0.5) is 0 Å². The molecule has 1 aromatic heterocycles. The second-order valence-electron chi connectivity index (χ2n) is 5.62. The highest BCUT2D eigenvalue weighted by molar-refractivity contribution is 5.95. The van der Waals surface area contributed by atoms with Gasteiger partial charge in [0.05, 0.1) is 5.56 Å². The number of aromatic nitrogens is 2. The Bertz CT molecular complexity index is 737. The maximum atomic E-state index is 12.0. The number of para-hydroxylation sites is 1. The molecule has 2 aromatic rings. The van der Waals surface area contributed by atoms with Crippen LogP contribution in [0.3, 0.4) is 0 Å². The van der Waals surface area contributed by atoms with Crippen molar-refractivity contribution >= 4 is 11.8 Å². The van der Waals surface area contributed by atoms with Gasteiger partial charge in [0, 0.05) is 6.04 Å². The van der Waals surface area contributed by atoms with Crippen molar-refractivity contribution in [1.29, 1.82) is 0 Å². The van der Waals surface area contributed by atoms with Gasteiger partial charge in [-0.3, -0.25) is 9.59 Å². The first-order valence-electron chi connectivity index (χ1n) is 7.78. The molecule has 0 aliphatic heterocycles. The van der Waals surface area contributed by atoms with Crippen LogP contribution in [-0.2, 0) is 6.61 Å². The highest BCUT2D eigenvalue weighted by Crippen LogP contribution is 2.19. The van der Waals surface area contributed by atoms with E-state index in [0.717, 1.165) is 25.7 Å². The van der Waals surface area contributed by atoms with Crippen LogP contribution in [0.25, 0.3) is 0 Å². The van der Waals surface area contributed by atoms with E-state index in [1.165, 1.54) is 0 Å². The molecule has 1 heterocycles. The molecule has 1 aliphatic carbocycles. The van der Waals surface area contributed by atoms with E-state index in [2.05, 4.69) is 15.5 Å². The van der Waals surface area contributed by atoms with Gasteiger partial charge in [-0.25, -0.2) is 0 Å². The van der Waals surface area contributed by atoms with Crippen LogP contribution in [-0.4, -0.2) is 28.0 Å². The van der Waals surface area contributed by atoms with E-state index in [-0.39, 0.29) is 35.8 Å². The maximum Gasteiger partial charge on any atom is 0.316 e. The topological polar surface area (TPSA) is 120 Å². The van der Waals surface area contributed by atoms with Gasteiger partial charge >= 0.3 is 11.8 Å². The van der Waals surface area contributed by atoms with Crippen molar-refractivity contribution in [2.45, 2.75) is 38.3 Å². The lowest BCUT2D eigenvalue weighted by Crippen LogP contribution is -2.32. The Balaban J connectivity index is 1.60. The van der Waals surface area contributed by atoms with E-state index in [1.54, 1.807) is 24.3 Å². The quantitative estimate of drug-likeness (QED) is 0.826. The van der Waals surface area contributed by atoms with Crippen LogP contribution in [0, 0.1) is 0 Å². The average Bonchev–Trinajstić information content (AvgIpc) is 3.24. The number of primary amides is 1. The molecule has 8 heteroatoms. The number of rotatable bonds is 6. The van der Waals surface area contributed by atoms with E-state index in [0.29, 0.717) is 5.75 Å². The van der Waals surface area contributed by atoms with Gasteiger partial charge in [0.15, 0.2) is 6.61 Å². The maximum absolute atomic E-state index is 12.0. The van der Waals surface area contributed by atoms with Crippen LogP contribution in [0.1, 0.15) is 52.6 Å². The molecule has 0 unspecified atom stereocenters. The van der Waals surface area contributed by atoms with Crippen LogP contribution in [0.15, 0.2) is 28.8 Å². The number of carbonyl (C=O) groups excluding carboxylic acids is 2. The Morgan fingerprint density at radius 3 is 2.79 bits per heavy atom.